The molecule has 0 saturated heterocycles. The van der Waals surface area contributed by atoms with E-state index < -0.39 is 0 Å². The summed E-state index contributed by atoms with van der Waals surface area (Å²) in [6.07, 6.45) is 0. The van der Waals surface area contributed by atoms with Crippen LogP contribution in [-0.2, 0) is 6.54 Å². The second-order valence-corrected chi connectivity index (χ2v) is 3.53. The zero-order valence-electron chi connectivity index (χ0n) is 9.02. The van der Waals surface area contributed by atoms with Crippen molar-refractivity contribution in [3.8, 4) is 11.3 Å². The molecule has 2 N–H and O–H groups in total. The van der Waals surface area contributed by atoms with Gasteiger partial charge in [0.15, 0.2) is 0 Å². The molecule has 16 heavy (non-hydrogen) atoms. The smallest absolute Gasteiger partial charge is 0.134 e. The molecule has 0 aliphatic heterocycles. The highest BCUT2D eigenvalue weighted by Crippen LogP contribution is 2.21. The Kier molecular flexibility index (Phi) is 3.75. The normalized spacial score (nSPS) is 10.6. The van der Waals surface area contributed by atoms with Crippen LogP contribution in [0.2, 0.25) is 0 Å². The van der Waals surface area contributed by atoms with Gasteiger partial charge in [-0.1, -0.05) is 30.3 Å². The zero-order chi connectivity index (χ0) is 11.2. The van der Waals surface area contributed by atoms with Gasteiger partial charge in [0, 0.05) is 12.1 Å². The third kappa shape index (κ3) is 2.72. The van der Waals surface area contributed by atoms with Crippen LogP contribution in [0.15, 0.2) is 46.9 Å². The van der Waals surface area contributed by atoms with E-state index in [2.05, 4.69) is 5.32 Å². The van der Waals surface area contributed by atoms with Crippen molar-refractivity contribution in [3.05, 3.63) is 48.2 Å². The molecule has 0 unspecified atom stereocenters. The number of hydrogen-bond donors (Lipinski definition) is 2. The molecule has 1 aromatic heterocycles. The van der Waals surface area contributed by atoms with Crippen LogP contribution in [0.25, 0.3) is 11.3 Å². The minimum atomic E-state index is 0.145. The molecule has 0 spiro atoms. The molecule has 84 valence electrons. The third-order valence-corrected chi connectivity index (χ3v) is 2.31. The van der Waals surface area contributed by atoms with E-state index in [4.69, 9.17) is 9.52 Å². The van der Waals surface area contributed by atoms with Crippen molar-refractivity contribution in [3.63, 3.8) is 0 Å². The molecule has 2 aromatic rings. The van der Waals surface area contributed by atoms with Gasteiger partial charge in [0.2, 0.25) is 0 Å². The van der Waals surface area contributed by atoms with E-state index in [-0.39, 0.29) is 6.61 Å². The fourth-order valence-electron chi connectivity index (χ4n) is 1.52. The number of aliphatic hydroxyl groups is 1. The van der Waals surface area contributed by atoms with Gasteiger partial charge in [-0.15, -0.1) is 0 Å². The summed E-state index contributed by atoms with van der Waals surface area (Å²) in [5.41, 5.74) is 1.08. The van der Waals surface area contributed by atoms with Crippen molar-refractivity contribution in [2.45, 2.75) is 6.54 Å². The van der Waals surface area contributed by atoms with E-state index >= 15 is 0 Å². The van der Waals surface area contributed by atoms with Crippen molar-refractivity contribution in [1.29, 1.82) is 0 Å². The molecular formula is C13H15NO2. The molecule has 0 saturated carbocycles. The van der Waals surface area contributed by atoms with Crippen LogP contribution in [0, 0.1) is 0 Å². The second kappa shape index (κ2) is 5.49. The third-order valence-electron chi connectivity index (χ3n) is 2.31. The van der Waals surface area contributed by atoms with Crippen molar-refractivity contribution in [1.82, 2.24) is 5.32 Å². The van der Waals surface area contributed by atoms with Crippen LogP contribution in [0.1, 0.15) is 5.76 Å². The Morgan fingerprint density at radius 2 is 1.88 bits per heavy atom. The topological polar surface area (TPSA) is 45.4 Å². The molecule has 0 atom stereocenters. The SMILES string of the molecule is OCCNCc1ccc(-c2ccccc2)o1. The van der Waals surface area contributed by atoms with Crippen LogP contribution < -0.4 is 5.32 Å². The van der Waals surface area contributed by atoms with Crippen LogP contribution in [0.4, 0.5) is 0 Å². The maximum absolute atomic E-state index is 8.63. The number of aliphatic hydroxyl groups excluding tert-OH is 1. The Morgan fingerprint density at radius 3 is 2.62 bits per heavy atom. The maximum Gasteiger partial charge on any atom is 0.134 e. The van der Waals surface area contributed by atoms with E-state index in [1.807, 2.05) is 42.5 Å². The number of rotatable bonds is 5. The number of nitrogens with one attached hydrogen (secondary N) is 1. The molecule has 3 heteroatoms. The van der Waals surface area contributed by atoms with Gasteiger partial charge in [-0.2, -0.15) is 0 Å². The Bertz CT molecular complexity index is 423. The van der Waals surface area contributed by atoms with E-state index in [9.17, 15) is 0 Å². The highest BCUT2D eigenvalue weighted by Gasteiger charge is 2.03. The van der Waals surface area contributed by atoms with Gasteiger partial charge in [0.25, 0.3) is 0 Å². The largest absolute Gasteiger partial charge is 0.460 e. The number of hydrogen-bond acceptors (Lipinski definition) is 3. The molecule has 2 rings (SSSR count). The fourth-order valence-corrected chi connectivity index (χ4v) is 1.52. The van der Waals surface area contributed by atoms with Crippen LogP contribution in [-0.4, -0.2) is 18.3 Å². The summed E-state index contributed by atoms with van der Waals surface area (Å²) in [5.74, 6) is 1.76. The summed E-state index contributed by atoms with van der Waals surface area (Å²) in [7, 11) is 0. The summed E-state index contributed by atoms with van der Waals surface area (Å²) in [4.78, 5) is 0. The highest BCUT2D eigenvalue weighted by atomic mass is 16.3. The predicted octanol–water partition coefficient (Wildman–Crippen LogP) is 2.03. The lowest BCUT2D eigenvalue weighted by molar-refractivity contribution is 0.290. The lowest BCUT2D eigenvalue weighted by Gasteiger charge is -1.99. The molecule has 1 aromatic carbocycles. The van der Waals surface area contributed by atoms with Gasteiger partial charge in [-0.05, 0) is 12.1 Å². The second-order valence-electron chi connectivity index (χ2n) is 3.53. The van der Waals surface area contributed by atoms with Crippen molar-refractivity contribution in [2.24, 2.45) is 0 Å². The first-order valence-corrected chi connectivity index (χ1v) is 5.36. The Labute approximate surface area is 94.7 Å². The Balaban J connectivity index is 2.02. The Hall–Kier alpha value is -1.58. The molecule has 1 heterocycles. The van der Waals surface area contributed by atoms with E-state index in [0.717, 1.165) is 17.1 Å². The lowest BCUT2D eigenvalue weighted by Crippen LogP contribution is -2.16. The summed E-state index contributed by atoms with van der Waals surface area (Å²) in [6, 6.07) is 13.9. The molecular weight excluding hydrogens is 202 g/mol. The van der Waals surface area contributed by atoms with Crippen molar-refractivity contribution in [2.75, 3.05) is 13.2 Å². The van der Waals surface area contributed by atoms with Crippen LogP contribution in [0.5, 0.6) is 0 Å². The predicted molar refractivity (Wildman–Crippen MR) is 62.9 cm³/mol. The van der Waals surface area contributed by atoms with Gasteiger partial charge in [0.1, 0.15) is 11.5 Å². The first-order valence-electron chi connectivity index (χ1n) is 5.36. The Morgan fingerprint density at radius 1 is 1.06 bits per heavy atom. The summed E-state index contributed by atoms with van der Waals surface area (Å²) >= 11 is 0. The number of benzene rings is 1. The first kappa shape index (κ1) is 10.9. The minimum absolute atomic E-state index is 0.145. The fraction of sp³-hybridized carbons (Fsp3) is 0.231. The quantitative estimate of drug-likeness (QED) is 0.753. The maximum atomic E-state index is 8.63. The van der Waals surface area contributed by atoms with Gasteiger partial charge in [0.05, 0.1) is 13.2 Å². The van der Waals surface area contributed by atoms with Gasteiger partial charge in [-0.3, -0.25) is 0 Å². The van der Waals surface area contributed by atoms with Crippen molar-refractivity contribution >= 4 is 0 Å². The van der Waals surface area contributed by atoms with Crippen molar-refractivity contribution < 1.29 is 9.52 Å². The van der Waals surface area contributed by atoms with Gasteiger partial charge >= 0.3 is 0 Å². The molecule has 0 aliphatic carbocycles. The highest BCUT2D eigenvalue weighted by molar-refractivity contribution is 5.57. The summed E-state index contributed by atoms with van der Waals surface area (Å²) in [6.45, 7) is 1.38. The van der Waals surface area contributed by atoms with Gasteiger partial charge in [-0.25, -0.2) is 0 Å². The molecule has 3 nitrogen and oxygen atoms in total. The standard InChI is InChI=1S/C13H15NO2/c15-9-8-14-10-12-6-7-13(16-12)11-4-2-1-3-5-11/h1-7,14-15H,8-10H2. The van der Waals surface area contributed by atoms with E-state index in [1.54, 1.807) is 0 Å². The number of furan rings is 1. The summed E-state index contributed by atoms with van der Waals surface area (Å²) < 4.78 is 5.67. The molecule has 0 bridgehead atoms. The molecule has 0 fully saturated rings. The molecule has 0 radical (unpaired) electrons. The van der Waals surface area contributed by atoms with E-state index in [1.165, 1.54) is 0 Å². The average molecular weight is 217 g/mol. The first-order chi connectivity index (χ1) is 7.90. The lowest BCUT2D eigenvalue weighted by atomic mass is 10.2. The zero-order valence-corrected chi connectivity index (χ0v) is 9.02. The molecule has 0 aliphatic rings. The summed E-state index contributed by atoms with van der Waals surface area (Å²) in [5, 5.41) is 11.7. The van der Waals surface area contributed by atoms with Crippen LogP contribution in [0.3, 0.4) is 0 Å². The van der Waals surface area contributed by atoms with Gasteiger partial charge < -0.3 is 14.8 Å². The van der Waals surface area contributed by atoms with E-state index in [0.29, 0.717) is 13.1 Å². The minimum Gasteiger partial charge on any atom is -0.460 e. The van der Waals surface area contributed by atoms with Crippen LogP contribution >= 0.6 is 0 Å². The average Bonchev–Trinajstić information content (AvgIpc) is 2.79. The monoisotopic (exact) mass is 217 g/mol. The molecule has 0 amide bonds.